The molecular formula is C14H13IN4O2. The van der Waals surface area contributed by atoms with Crippen molar-refractivity contribution in [3.05, 3.63) is 44.0 Å². The third-order valence-electron chi connectivity index (χ3n) is 2.75. The van der Waals surface area contributed by atoms with Crippen LogP contribution in [0.2, 0.25) is 0 Å². The minimum absolute atomic E-state index is 0.0275. The molecule has 1 heterocycles. The number of nitriles is 1. The average Bonchev–Trinajstić information content (AvgIpc) is 2.46. The first-order chi connectivity index (χ1) is 10.1. The van der Waals surface area contributed by atoms with Gasteiger partial charge < -0.3 is 15.0 Å². The Balaban J connectivity index is 2.42. The van der Waals surface area contributed by atoms with Crippen LogP contribution in [0.25, 0.3) is 0 Å². The summed E-state index contributed by atoms with van der Waals surface area (Å²) < 4.78 is 7.76. The molecule has 108 valence electrons. The molecule has 0 amide bonds. The van der Waals surface area contributed by atoms with Crippen molar-refractivity contribution in [3.8, 4) is 17.7 Å². The van der Waals surface area contributed by atoms with E-state index in [0.717, 1.165) is 6.42 Å². The second-order valence-corrected chi connectivity index (χ2v) is 5.48. The van der Waals surface area contributed by atoms with Crippen molar-refractivity contribution in [2.24, 2.45) is 0 Å². The van der Waals surface area contributed by atoms with Gasteiger partial charge in [-0.3, -0.25) is 4.79 Å². The summed E-state index contributed by atoms with van der Waals surface area (Å²) in [7, 11) is 0. The normalized spacial score (nSPS) is 10.1. The second kappa shape index (κ2) is 6.58. The van der Waals surface area contributed by atoms with Crippen LogP contribution in [-0.2, 0) is 6.54 Å². The lowest BCUT2D eigenvalue weighted by atomic mass is 10.2. The Morgan fingerprint density at radius 2 is 2.29 bits per heavy atom. The number of nitrogens with two attached hydrogens (primary N) is 1. The molecule has 0 aliphatic rings. The van der Waals surface area contributed by atoms with Gasteiger partial charge in [0, 0.05) is 18.9 Å². The van der Waals surface area contributed by atoms with Crippen LogP contribution in [0.3, 0.4) is 0 Å². The number of hydrogen-bond acceptors (Lipinski definition) is 5. The van der Waals surface area contributed by atoms with E-state index in [1.54, 1.807) is 12.3 Å². The van der Waals surface area contributed by atoms with Crippen molar-refractivity contribution in [2.75, 3.05) is 5.73 Å². The first kappa shape index (κ1) is 15.3. The van der Waals surface area contributed by atoms with Gasteiger partial charge in [0.2, 0.25) is 0 Å². The standard InChI is InChI=1S/C14H13IN4O2/c1-2-4-19-5-3-18-13(14(19)20)21-12-10(15)6-9(8-16)7-11(12)17/h3,5-7H,2,4,17H2,1H3. The first-order valence-electron chi connectivity index (χ1n) is 6.29. The molecule has 0 aliphatic heterocycles. The molecule has 1 aromatic heterocycles. The molecule has 0 aliphatic carbocycles. The van der Waals surface area contributed by atoms with Gasteiger partial charge in [-0.1, -0.05) is 6.92 Å². The number of ether oxygens (including phenoxy) is 1. The number of halogens is 1. The highest BCUT2D eigenvalue weighted by atomic mass is 127. The van der Waals surface area contributed by atoms with Gasteiger partial charge in [0.1, 0.15) is 0 Å². The lowest BCUT2D eigenvalue weighted by Gasteiger charge is -2.11. The second-order valence-electron chi connectivity index (χ2n) is 4.32. The van der Waals surface area contributed by atoms with Gasteiger partial charge in [0.25, 0.3) is 5.88 Å². The van der Waals surface area contributed by atoms with Gasteiger partial charge in [0.15, 0.2) is 5.75 Å². The molecule has 0 saturated carbocycles. The van der Waals surface area contributed by atoms with Crippen molar-refractivity contribution in [3.63, 3.8) is 0 Å². The van der Waals surface area contributed by atoms with Crippen LogP contribution < -0.4 is 16.0 Å². The maximum Gasteiger partial charge on any atom is 0.313 e. The van der Waals surface area contributed by atoms with Crippen molar-refractivity contribution in [1.29, 1.82) is 5.26 Å². The number of nitrogen functional groups attached to an aromatic ring is 1. The van der Waals surface area contributed by atoms with Crippen LogP contribution in [0.15, 0.2) is 29.3 Å². The van der Waals surface area contributed by atoms with E-state index in [1.165, 1.54) is 16.8 Å². The number of rotatable bonds is 4. The number of nitrogens with zero attached hydrogens (tertiary/aromatic N) is 3. The van der Waals surface area contributed by atoms with E-state index in [-0.39, 0.29) is 11.4 Å². The zero-order valence-corrected chi connectivity index (χ0v) is 13.5. The highest BCUT2D eigenvalue weighted by Gasteiger charge is 2.13. The predicted molar refractivity (Wildman–Crippen MR) is 87.1 cm³/mol. The summed E-state index contributed by atoms with van der Waals surface area (Å²) in [6.45, 7) is 2.58. The summed E-state index contributed by atoms with van der Waals surface area (Å²) >= 11 is 2.01. The van der Waals surface area contributed by atoms with Gasteiger partial charge in [-0.25, -0.2) is 4.98 Å². The molecular weight excluding hydrogens is 383 g/mol. The van der Waals surface area contributed by atoms with Crippen LogP contribution in [0.5, 0.6) is 11.6 Å². The highest BCUT2D eigenvalue weighted by Crippen LogP contribution is 2.31. The molecule has 0 bridgehead atoms. The van der Waals surface area contributed by atoms with Gasteiger partial charge in [-0.05, 0) is 41.1 Å². The van der Waals surface area contributed by atoms with E-state index >= 15 is 0 Å². The zero-order valence-electron chi connectivity index (χ0n) is 11.3. The van der Waals surface area contributed by atoms with Crippen LogP contribution >= 0.6 is 22.6 Å². The minimum Gasteiger partial charge on any atom is -0.431 e. The summed E-state index contributed by atoms with van der Waals surface area (Å²) in [6.07, 6.45) is 3.96. The fraction of sp³-hybridized carbons (Fsp3) is 0.214. The summed E-state index contributed by atoms with van der Waals surface area (Å²) in [5.74, 6) is 0.314. The van der Waals surface area contributed by atoms with Crippen LogP contribution in [-0.4, -0.2) is 9.55 Å². The topological polar surface area (TPSA) is 93.9 Å². The molecule has 0 fully saturated rings. The smallest absolute Gasteiger partial charge is 0.313 e. The van der Waals surface area contributed by atoms with Crippen LogP contribution in [0.4, 0.5) is 5.69 Å². The number of aryl methyl sites for hydroxylation is 1. The van der Waals surface area contributed by atoms with Crippen molar-refractivity contribution in [1.82, 2.24) is 9.55 Å². The quantitative estimate of drug-likeness (QED) is 0.633. The highest BCUT2D eigenvalue weighted by molar-refractivity contribution is 14.1. The van der Waals surface area contributed by atoms with E-state index in [1.807, 2.05) is 35.6 Å². The molecule has 7 heteroatoms. The Kier molecular flexibility index (Phi) is 4.80. The number of benzene rings is 1. The molecule has 2 aromatic rings. The first-order valence-corrected chi connectivity index (χ1v) is 7.37. The molecule has 0 atom stereocenters. The monoisotopic (exact) mass is 396 g/mol. The van der Waals surface area contributed by atoms with Gasteiger partial charge in [-0.2, -0.15) is 5.26 Å². The molecule has 1 aromatic carbocycles. The number of aromatic nitrogens is 2. The minimum atomic E-state index is -0.307. The van der Waals surface area contributed by atoms with E-state index in [9.17, 15) is 4.79 Å². The maximum atomic E-state index is 12.2. The zero-order chi connectivity index (χ0) is 15.4. The van der Waals surface area contributed by atoms with Crippen molar-refractivity contribution < 1.29 is 4.74 Å². The molecule has 0 radical (unpaired) electrons. The summed E-state index contributed by atoms with van der Waals surface area (Å²) in [4.78, 5) is 16.2. The molecule has 0 spiro atoms. The van der Waals surface area contributed by atoms with E-state index < -0.39 is 0 Å². The molecule has 2 N–H and O–H groups in total. The van der Waals surface area contributed by atoms with E-state index in [0.29, 0.717) is 27.1 Å². The van der Waals surface area contributed by atoms with Crippen LogP contribution in [0, 0.1) is 14.9 Å². The molecule has 0 saturated heterocycles. The third-order valence-corrected chi connectivity index (χ3v) is 3.55. The van der Waals surface area contributed by atoms with Crippen LogP contribution in [0.1, 0.15) is 18.9 Å². The molecule has 2 rings (SSSR count). The van der Waals surface area contributed by atoms with Gasteiger partial charge in [-0.15, -0.1) is 0 Å². The summed E-state index contributed by atoms with van der Waals surface area (Å²) in [5.41, 5.74) is 6.30. The largest absolute Gasteiger partial charge is 0.431 e. The fourth-order valence-electron chi connectivity index (χ4n) is 1.80. The van der Waals surface area contributed by atoms with Gasteiger partial charge in [0.05, 0.1) is 20.9 Å². The Morgan fingerprint density at radius 1 is 1.52 bits per heavy atom. The van der Waals surface area contributed by atoms with Crippen molar-refractivity contribution >= 4 is 28.3 Å². The Labute approximate surface area is 135 Å². The van der Waals surface area contributed by atoms with Crippen molar-refractivity contribution in [2.45, 2.75) is 19.9 Å². The Bertz CT molecular complexity index is 741. The predicted octanol–water partition coefficient (Wildman–Crippen LogP) is 2.50. The molecule has 0 unspecified atom stereocenters. The Morgan fingerprint density at radius 3 is 2.90 bits per heavy atom. The lowest BCUT2D eigenvalue weighted by molar-refractivity contribution is 0.443. The number of hydrogen-bond donors (Lipinski definition) is 1. The van der Waals surface area contributed by atoms with Gasteiger partial charge >= 0.3 is 5.56 Å². The molecule has 6 nitrogen and oxygen atoms in total. The summed E-state index contributed by atoms with van der Waals surface area (Å²) in [5, 5.41) is 8.89. The van der Waals surface area contributed by atoms with E-state index in [4.69, 9.17) is 15.7 Å². The average molecular weight is 396 g/mol. The SMILES string of the molecule is CCCn1ccnc(Oc2c(N)cc(C#N)cc2I)c1=O. The lowest BCUT2D eigenvalue weighted by Crippen LogP contribution is -2.21. The number of anilines is 1. The van der Waals surface area contributed by atoms with E-state index in [2.05, 4.69) is 4.98 Å². The fourth-order valence-corrected chi connectivity index (χ4v) is 2.55. The maximum absolute atomic E-state index is 12.2. The molecule has 21 heavy (non-hydrogen) atoms. The third kappa shape index (κ3) is 3.33. The Hall–Kier alpha value is -2.08. The summed E-state index contributed by atoms with van der Waals surface area (Å²) in [6, 6.07) is 5.16.